The van der Waals surface area contributed by atoms with E-state index in [1.165, 1.54) is 6.07 Å². The molecule has 0 bridgehead atoms. The Bertz CT molecular complexity index is 796. The summed E-state index contributed by atoms with van der Waals surface area (Å²) in [4.78, 5) is 12.1. The molecule has 0 saturated heterocycles. The lowest BCUT2D eigenvalue weighted by Crippen LogP contribution is -2.03. The fourth-order valence-electron chi connectivity index (χ4n) is 2.28. The molecule has 0 unspecified atom stereocenters. The predicted octanol–water partition coefficient (Wildman–Crippen LogP) is 3.50. The average molecular weight is 393 g/mol. The van der Waals surface area contributed by atoms with Crippen LogP contribution in [0.1, 0.15) is 16.7 Å². The molecule has 0 saturated carbocycles. The van der Waals surface area contributed by atoms with Crippen molar-refractivity contribution in [2.75, 3.05) is 5.32 Å². The molecule has 21 heavy (non-hydrogen) atoms. The van der Waals surface area contributed by atoms with Crippen LogP contribution in [0.25, 0.3) is 11.6 Å². The number of nitrogens with one attached hydrogen (secondary N) is 1. The molecule has 0 atom stereocenters. The highest BCUT2D eigenvalue weighted by Crippen LogP contribution is 2.36. The van der Waals surface area contributed by atoms with E-state index < -0.39 is 0 Å². The number of halogens is 1. The quantitative estimate of drug-likeness (QED) is 0.513. The summed E-state index contributed by atoms with van der Waals surface area (Å²) in [5, 5.41) is 22.3. The maximum Gasteiger partial charge on any atom is 0.256 e. The van der Waals surface area contributed by atoms with Crippen molar-refractivity contribution in [2.45, 2.75) is 6.92 Å². The number of amides is 1. The monoisotopic (exact) mass is 393 g/mol. The first-order chi connectivity index (χ1) is 9.95. The van der Waals surface area contributed by atoms with Gasteiger partial charge < -0.3 is 15.5 Å². The standard InChI is InChI=1S/C16H12INO3/c1-8-4-9(15(20)7-14(8)19)5-12-11-6-10(17)2-3-13(11)18-16(12)21/h2-7,19-20H,1H3,(H,18,21). The van der Waals surface area contributed by atoms with Crippen molar-refractivity contribution >= 4 is 45.8 Å². The minimum absolute atomic E-state index is 0.0282. The van der Waals surface area contributed by atoms with Gasteiger partial charge in [-0.05, 0) is 65.4 Å². The lowest BCUT2D eigenvalue weighted by molar-refractivity contribution is -0.110. The summed E-state index contributed by atoms with van der Waals surface area (Å²) in [6.45, 7) is 1.74. The van der Waals surface area contributed by atoms with Crippen molar-refractivity contribution in [1.29, 1.82) is 0 Å². The first-order valence-corrected chi connectivity index (χ1v) is 7.39. The van der Waals surface area contributed by atoms with Crippen LogP contribution in [-0.4, -0.2) is 16.1 Å². The molecule has 1 heterocycles. The first kappa shape index (κ1) is 13.9. The Hall–Kier alpha value is -2.02. The van der Waals surface area contributed by atoms with E-state index in [1.54, 1.807) is 19.1 Å². The van der Waals surface area contributed by atoms with Crippen molar-refractivity contribution in [1.82, 2.24) is 0 Å². The third-order valence-corrected chi connectivity index (χ3v) is 4.08. The Morgan fingerprint density at radius 2 is 1.90 bits per heavy atom. The topological polar surface area (TPSA) is 69.6 Å². The summed E-state index contributed by atoms with van der Waals surface area (Å²) in [5.74, 6) is -0.227. The van der Waals surface area contributed by atoms with Crippen LogP contribution in [0, 0.1) is 10.5 Å². The van der Waals surface area contributed by atoms with Gasteiger partial charge >= 0.3 is 0 Å². The van der Waals surface area contributed by atoms with E-state index in [4.69, 9.17) is 0 Å². The smallest absolute Gasteiger partial charge is 0.256 e. The molecule has 106 valence electrons. The average Bonchev–Trinajstić information content (AvgIpc) is 2.72. The zero-order chi connectivity index (χ0) is 15.1. The summed E-state index contributed by atoms with van der Waals surface area (Å²) in [6, 6.07) is 8.63. The van der Waals surface area contributed by atoms with Gasteiger partial charge in [0.2, 0.25) is 0 Å². The summed E-state index contributed by atoms with van der Waals surface area (Å²) in [6.07, 6.45) is 1.64. The van der Waals surface area contributed by atoms with Crippen LogP contribution < -0.4 is 5.32 Å². The second kappa shape index (κ2) is 5.07. The maximum absolute atomic E-state index is 12.1. The molecular formula is C16H12INO3. The van der Waals surface area contributed by atoms with Crippen molar-refractivity contribution in [2.24, 2.45) is 0 Å². The van der Waals surface area contributed by atoms with Gasteiger partial charge in [0.15, 0.2) is 0 Å². The molecule has 1 amide bonds. The minimum atomic E-state index is -0.197. The number of aromatic hydroxyl groups is 2. The second-order valence-electron chi connectivity index (χ2n) is 4.90. The zero-order valence-electron chi connectivity index (χ0n) is 11.1. The third-order valence-electron chi connectivity index (χ3n) is 3.41. The molecule has 3 rings (SSSR count). The van der Waals surface area contributed by atoms with E-state index >= 15 is 0 Å². The van der Waals surface area contributed by atoms with Gasteiger partial charge in [0.05, 0.1) is 0 Å². The summed E-state index contributed by atoms with van der Waals surface area (Å²) in [5.41, 5.74) is 3.23. The summed E-state index contributed by atoms with van der Waals surface area (Å²) < 4.78 is 1.03. The number of carbonyl (C=O) groups is 1. The largest absolute Gasteiger partial charge is 0.508 e. The van der Waals surface area contributed by atoms with Crippen molar-refractivity contribution < 1.29 is 15.0 Å². The van der Waals surface area contributed by atoms with Gasteiger partial charge in [0.25, 0.3) is 5.91 Å². The molecule has 1 aliphatic rings. The van der Waals surface area contributed by atoms with Crippen LogP contribution in [0.3, 0.4) is 0 Å². The maximum atomic E-state index is 12.1. The van der Waals surface area contributed by atoms with Gasteiger partial charge in [0, 0.05) is 32.0 Å². The Morgan fingerprint density at radius 3 is 2.67 bits per heavy atom. The van der Waals surface area contributed by atoms with Gasteiger partial charge in [-0.25, -0.2) is 0 Å². The van der Waals surface area contributed by atoms with Gasteiger partial charge in [0.1, 0.15) is 11.5 Å². The van der Waals surface area contributed by atoms with Crippen LogP contribution in [0.15, 0.2) is 30.3 Å². The number of phenols is 2. The minimum Gasteiger partial charge on any atom is -0.508 e. The number of hydrogen-bond acceptors (Lipinski definition) is 3. The molecule has 2 aromatic carbocycles. The molecule has 0 radical (unpaired) electrons. The molecule has 0 spiro atoms. The van der Waals surface area contributed by atoms with Crippen LogP contribution in [0.5, 0.6) is 11.5 Å². The number of hydrogen-bond donors (Lipinski definition) is 3. The van der Waals surface area contributed by atoms with Gasteiger partial charge in [-0.1, -0.05) is 0 Å². The highest BCUT2D eigenvalue weighted by Gasteiger charge is 2.24. The Labute approximate surface area is 135 Å². The van der Waals surface area contributed by atoms with Gasteiger partial charge in [-0.3, -0.25) is 4.79 Å². The molecule has 0 fully saturated rings. The highest BCUT2D eigenvalue weighted by molar-refractivity contribution is 14.1. The first-order valence-electron chi connectivity index (χ1n) is 6.31. The highest BCUT2D eigenvalue weighted by atomic mass is 127. The van der Waals surface area contributed by atoms with E-state index in [-0.39, 0.29) is 17.4 Å². The van der Waals surface area contributed by atoms with Crippen LogP contribution in [0.2, 0.25) is 0 Å². The summed E-state index contributed by atoms with van der Waals surface area (Å²) >= 11 is 2.19. The molecular weight excluding hydrogens is 381 g/mol. The number of phenolic OH excluding ortho intramolecular Hbond substituents is 2. The number of anilines is 1. The van der Waals surface area contributed by atoms with Crippen LogP contribution >= 0.6 is 22.6 Å². The number of benzene rings is 2. The van der Waals surface area contributed by atoms with Crippen molar-refractivity contribution in [3.05, 3.63) is 50.6 Å². The molecule has 4 nitrogen and oxygen atoms in total. The zero-order valence-corrected chi connectivity index (χ0v) is 13.3. The van der Waals surface area contributed by atoms with Crippen molar-refractivity contribution in [3.63, 3.8) is 0 Å². The van der Waals surface area contributed by atoms with Crippen molar-refractivity contribution in [3.8, 4) is 11.5 Å². The molecule has 0 aromatic heterocycles. The third kappa shape index (κ3) is 2.49. The van der Waals surface area contributed by atoms with E-state index in [1.807, 2.05) is 18.2 Å². The van der Waals surface area contributed by atoms with E-state index in [0.717, 1.165) is 14.8 Å². The molecule has 5 heteroatoms. The lowest BCUT2D eigenvalue weighted by Gasteiger charge is -2.05. The second-order valence-corrected chi connectivity index (χ2v) is 6.15. The molecule has 0 aliphatic carbocycles. The number of carbonyl (C=O) groups excluding carboxylic acids is 1. The van der Waals surface area contributed by atoms with Gasteiger partial charge in [-0.2, -0.15) is 0 Å². The number of aryl methyl sites for hydroxylation is 1. The van der Waals surface area contributed by atoms with E-state index in [9.17, 15) is 15.0 Å². The fraction of sp³-hybridized carbons (Fsp3) is 0.0625. The summed E-state index contributed by atoms with van der Waals surface area (Å²) in [7, 11) is 0. The molecule has 2 aromatic rings. The fourth-order valence-corrected chi connectivity index (χ4v) is 2.77. The van der Waals surface area contributed by atoms with Crippen LogP contribution in [0.4, 0.5) is 5.69 Å². The SMILES string of the molecule is Cc1cc(C=C2C(=O)Nc3ccc(I)cc32)c(O)cc1O. The molecule has 1 aliphatic heterocycles. The van der Waals surface area contributed by atoms with E-state index in [2.05, 4.69) is 27.9 Å². The normalized spacial score (nSPS) is 15.1. The van der Waals surface area contributed by atoms with E-state index in [0.29, 0.717) is 16.7 Å². The molecule has 3 N–H and O–H groups in total. The Morgan fingerprint density at radius 1 is 1.14 bits per heavy atom. The Balaban J connectivity index is 2.15. The van der Waals surface area contributed by atoms with Gasteiger partial charge in [-0.15, -0.1) is 0 Å². The number of fused-ring (bicyclic) bond motifs is 1. The van der Waals surface area contributed by atoms with Crippen LogP contribution in [-0.2, 0) is 4.79 Å². The predicted molar refractivity (Wildman–Crippen MR) is 90.2 cm³/mol. The lowest BCUT2D eigenvalue weighted by atomic mass is 10.0. The Kier molecular flexibility index (Phi) is 3.36. The number of rotatable bonds is 1.